The third-order valence-electron chi connectivity index (χ3n) is 2.04. The van der Waals surface area contributed by atoms with E-state index in [1.165, 1.54) is 0 Å². The molecule has 0 amide bonds. The van der Waals surface area contributed by atoms with E-state index in [0.29, 0.717) is 11.3 Å². The van der Waals surface area contributed by atoms with Crippen molar-refractivity contribution in [3.05, 3.63) is 23.8 Å². The number of rotatable bonds is 0. The molecule has 5 nitrogen and oxygen atoms in total. The number of nitrogens with zero attached hydrogens (tertiary/aromatic N) is 3. The molecule has 0 saturated heterocycles. The molecule has 0 radical (unpaired) electrons. The van der Waals surface area contributed by atoms with E-state index in [9.17, 15) is 0 Å². The van der Waals surface area contributed by atoms with Crippen LogP contribution >= 0.6 is 0 Å². The van der Waals surface area contributed by atoms with E-state index in [0.717, 1.165) is 11.1 Å². The van der Waals surface area contributed by atoms with Crippen LogP contribution < -0.4 is 4.84 Å². The van der Waals surface area contributed by atoms with Crippen molar-refractivity contribution in [3.63, 3.8) is 0 Å². The maximum atomic E-state index is 5.20. The second kappa shape index (κ2) is 2.66. The molecule has 1 aliphatic rings. The van der Waals surface area contributed by atoms with E-state index in [-0.39, 0.29) is 0 Å². The number of oxime groups is 1. The average Bonchev–Trinajstić information content (AvgIpc) is 2.55. The topological polar surface area (TPSA) is 63.2 Å². The van der Waals surface area contributed by atoms with Crippen molar-refractivity contribution in [2.75, 3.05) is 0 Å². The molecule has 1 aliphatic heterocycles. The summed E-state index contributed by atoms with van der Waals surface area (Å²) in [6.45, 7) is 0. The highest BCUT2D eigenvalue weighted by molar-refractivity contribution is 5.88. The third kappa shape index (κ3) is 0.922. The zero-order chi connectivity index (χ0) is 9.38. The maximum Gasteiger partial charge on any atom is 0.194 e. The summed E-state index contributed by atoms with van der Waals surface area (Å²) in [5.41, 5.74) is 2.42. The van der Waals surface area contributed by atoms with Gasteiger partial charge in [0.1, 0.15) is 5.52 Å². The van der Waals surface area contributed by atoms with Gasteiger partial charge in [0, 0.05) is 5.56 Å². The summed E-state index contributed by atoms with van der Waals surface area (Å²) in [5.74, 6) is 0.640. The fourth-order valence-corrected chi connectivity index (χ4v) is 1.40. The minimum atomic E-state index is 0.640. The Bertz CT molecular complexity index is 541. The van der Waals surface area contributed by atoms with Crippen LogP contribution in [0.5, 0.6) is 5.75 Å². The molecule has 1 aromatic heterocycles. The first kappa shape index (κ1) is 7.25. The number of allylic oxidation sites excluding steroid dienone is 1. The summed E-state index contributed by atoms with van der Waals surface area (Å²) in [5, 5.41) is 14.3. The molecule has 1 N–H and O–H groups in total. The first-order chi connectivity index (χ1) is 6.95. The van der Waals surface area contributed by atoms with Crippen molar-refractivity contribution in [3.8, 4) is 5.75 Å². The number of benzene rings is 1. The Balaban J connectivity index is 2.38. The molecule has 1 aromatic carbocycles. The van der Waals surface area contributed by atoms with Gasteiger partial charge in [0.05, 0.1) is 6.21 Å². The van der Waals surface area contributed by atoms with Crippen LogP contribution in [0.25, 0.3) is 17.1 Å². The van der Waals surface area contributed by atoms with Gasteiger partial charge in [-0.2, -0.15) is 15.4 Å². The Morgan fingerprint density at radius 2 is 2.21 bits per heavy atom. The van der Waals surface area contributed by atoms with Crippen molar-refractivity contribution in [2.24, 2.45) is 5.16 Å². The Morgan fingerprint density at radius 1 is 1.21 bits per heavy atom. The number of aromatic amines is 1. The van der Waals surface area contributed by atoms with Crippen molar-refractivity contribution in [1.82, 2.24) is 15.4 Å². The molecule has 0 aliphatic carbocycles. The second-order valence-electron chi connectivity index (χ2n) is 2.88. The first-order valence-electron chi connectivity index (χ1n) is 4.16. The summed E-state index contributed by atoms with van der Waals surface area (Å²) in [7, 11) is 0. The molecule has 3 rings (SSSR count). The lowest BCUT2D eigenvalue weighted by Crippen LogP contribution is -1.86. The highest BCUT2D eigenvalue weighted by Gasteiger charge is 2.11. The van der Waals surface area contributed by atoms with E-state index in [4.69, 9.17) is 4.84 Å². The van der Waals surface area contributed by atoms with E-state index >= 15 is 0 Å². The molecule has 68 valence electrons. The lowest BCUT2D eigenvalue weighted by Gasteiger charge is -2.00. The molecule has 0 saturated carbocycles. The average molecular weight is 186 g/mol. The van der Waals surface area contributed by atoms with E-state index in [1.54, 1.807) is 6.21 Å². The van der Waals surface area contributed by atoms with Crippen LogP contribution in [0.15, 0.2) is 23.4 Å². The fourth-order valence-electron chi connectivity index (χ4n) is 1.40. The van der Waals surface area contributed by atoms with Crippen LogP contribution in [0.2, 0.25) is 0 Å². The van der Waals surface area contributed by atoms with Crippen LogP contribution in [0, 0.1) is 0 Å². The van der Waals surface area contributed by atoms with E-state index in [1.807, 2.05) is 24.3 Å². The number of hydrogen-bond acceptors (Lipinski definition) is 4. The number of H-pyrrole nitrogens is 1. The SMILES string of the molecule is C1=Cc2ccc3n[nH]nc3c2ON=C1. The van der Waals surface area contributed by atoms with Crippen molar-refractivity contribution < 1.29 is 4.84 Å². The second-order valence-corrected chi connectivity index (χ2v) is 2.88. The normalized spacial score (nSPS) is 13.7. The zero-order valence-corrected chi connectivity index (χ0v) is 7.14. The summed E-state index contributed by atoms with van der Waals surface area (Å²) in [6.07, 6.45) is 5.32. The Labute approximate surface area is 79.1 Å². The van der Waals surface area contributed by atoms with Crippen molar-refractivity contribution >= 4 is 23.3 Å². The summed E-state index contributed by atoms with van der Waals surface area (Å²) in [4.78, 5) is 5.20. The Kier molecular flexibility index (Phi) is 1.38. The van der Waals surface area contributed by atoms with Crippen LogP contribution in [0.4, 0.5) is 0 Å². The number of aromatic nitrogens is 3. The monoisotopic (exact) mass is 186 g/mol. The van der Waals surface area contributed by atoms with E-state index in [2.05, 4.69) is 20.6 Å². The van der Waals surface area contributed by atoms with Crippen molar-refractivity contribution in [1.29, 1.82) is 0 Å². The molecule has 2 aromatic rings. The molecular weight excluding hydrogens is 180 g/mol. The number of hydrogen-bond donors (Lipinski definition) is 1. The predicted molar refractivity (Wildman–Crippen MR) is 52.0 cm³/mol. The lowest BCUT2D eigenvalue weighted by atomic mass is 10.1. The summed E-state index contributed by atoms with van der Waals surface area (Å²) in [6, 6.07) is 3.81. The van der Waals surface area contributed by atoms with Gasteiger partial charge >= 0.3 is 0 Å². The molecule has 2 heterocycles. The molecule has 0 fully saturated rings. The van der Waals surface area contributed by atoms with Gasteiger partial charge in [0.15, 0.2) is 11.3 Å². The van der Waals surface area contributed by atoms with Gasteiger partial charge in [-0.3, -0.25) is 0 Å². The largest absolute Gasteiger partial charge is 0.354 e. The maximum absolute atomic E-state index is 5.20. The van der Waals surface area contributed by atoms with Gasteiger partial charge < -0.3 is 4.84 Å². The van der Waals surface area contributed by atoms with Gasteiger partial charge in [-0.15, -0.1) is 0 Å². The van der Waals surface area contributed by atoms with Crippen molar-refractivity contribution in [2.45, 2.75) is 0 Å². The van der Waals surface area contributed by atoms with Crippen LogP contribution in [-0.4, -0.2) is 21.6 Å². The van der Waals surface area contributed by atoms with Crippen LogP contribution in [-0.2, 0) is 0 Å². The van der Waals surface area contributed by atoms with Gasteiger partial charge in [-0.1, -0.05) is 5.16 Å². The van der Waals surface area contributed by atoms with Gasteiger partial charge in [0.2, 0.25) is 0 Å². The smallest absolute Gasteiger partial charge is 0.194 e. The summed E-state index contributed by atoms with van der Waals surface area (Å²) < 4.78 is 0. The molecule has 0 unspecified atom stereocenters. The first-order valence-corrected chi connectivity index (χ1v) is 4.16. The Hall–Kier alpha value is -2.17. The molecular formula is C9H6N4O. The highest BCUT2D eigenvalue weighted by atomic mass is 16.6. The number of nitrogens with one attached hydrogen (secondary N) is 1. The van der Waals surface area contributed by atoms with Crippen LogP contribution in [0.1, 0.15) is 5.56 Å². The summed E-state index contributed by atoms with van der Waals surface area (Å²) >= 11 is 0. The molecule has 0 spiro atoms. The predicted octanol–water partition coefficient (Wildman–Crippen LogP) is 1.35. The Morgan fingerprint density at radius 3 is 3.21 bits per heavy atom. The third-order valence-corrected chi connectivity index (χ3v) is 2.04. The molecule has 14 heavy (non-hydrogen) atoms. The van der Waals surface area contributed by atoms with E-state index < -0.39 is 0 Å². The standard InChI is InChI=1S/C9H6N4O/c1-2-6-3-4-7-8(12-13-11-7)9(6)14-10-5-1/h1-5H,(H,11,12,13). The molecule has 5 heteroatoms. The van der Waals surface area contributed by atoms with Crippen LogP contribution in [0.3, 0.4) is 0 Å². The quantitative estimate of drug-likeness (QED) is 0.675. The lowest BCUT2D eigenvalue weighted by molar-refractivity contribution is 0.347. The fraction of sp³-hybridized carbons (Fsp3) is 0. The highest BCUT2D eigenvalue weighted by Crippen LogP contribution is 2.28. The minimum absolute atomic E-state index is 0.640. The van der Waals surface area contributed by atoms with Gasteiger partial charge in [-0.25, -0.2) is 0 Å². The van der Waals surface area contributed by atoms with Gasteiger partial charge in [0.25, 0.3) is 0 Å². The minimum Gasteiger partial charge on any atom is -0.354 e. The molecule has 0 bridgehead atoms. The van der Waals surface area contributed by atoms with Gasteiger partial charge in [-0.05, 0) is 24.3 Å². The zero-order valence-electron chi connectivity index (χ0n) is 7.14. The number of fused-ring (bicyclic) bond motifs is 3. The molecule has 0 atom stereocenters.